The molecule has 2 rings (SSSR count). The van der Waals surface area contributed by atoms with Gasteiger partial charge in [0.15, 0.2) is 5.96 Å². The van der Waals surface area contributed by atoms with Gasteiger partial charge in [0.05, 0.1) is 12.4 Å². The van der Waals surface area contributed by atoms with E-state index >= 15 is 0 Å². The van der Waals surface area contributed by atoms with Crippen molar-refractivity contribution < 1.29 is 9.15 Å². The van der Waals surface area contributed by atoms with Gasteiger partial charge in [-0.3, -0.25) is 4.99 Å². The number of halogens is 1. The van der Waals surface area contributed by atoms with Crippen molar-refractivity contribution >= 4 is 41.3 Å². The summed E-state index contributed by atoms with van der Waals surface area (Å²) in [5, 5.41) is 8.95. The summed E-state index contributed by atoms with van der Waals surface area (Å²) in [4.78, 5) is 6.08. The average molecular weight is 505 g/mol. The van der Waals surface area contributed by atoms with Crippen LogP contribution in [0.1, 0.15) is 37.3 Å². The number of ether oxygens (including phenoxy) is 1. The van der Waals surface area contributed by atoms with E-state index in [-0.39, 0.29) is 24.0 Å². The number of hydrogen-bond acceptors (Lipinski definition) is 4. The van der Waals surface area contributed by atoms with Crippen LogP contribution in [0, 0.1) is 0 Å². The van der Waals surface area contributed by atoms with E-state index in [1.807, 2.05) is 12.1 Å². The molecule has 2 aromatic rings. The van der Waals surface area contributed by atoms with E-state index in [1.54, 1.807) is 17.6 Å². The van der Waals surface area contributed by atoms with E-state index in [9.17, 15) is 0 Å². The molecule has 152 valence electrons. The standard InChI is InChI=1S/C20H31N3O2S.HI/c1-17(2)24-14-4-3-11-21-20(22-12-9-18-7-5-15-25-18)23-13-10-19-8-6-16-26-19;/h5-8,15-17H,3-4,9-14H2,1-2H3,(H2,21,22,23);1H. The molecule has 2 heterocycles. The fraction of sp³-hybridized carbons (Fsp3) is 0.550. The van der Waals surface area contributed by atoms with Gasteiger partial charge in [0.1, 0.15) is 5.76 Å². The van der Waals surface area contributed by atoms with E-state index in [1.165, 1.54) is 4.88 Å². The number of guanidine groups is 1. The van der Waals surface area contributed by atoms with Gasteiger partial charge in [-0.1, -0.05) is 6.07 Å². The molecule has 0 spiro atoms. The van der Waals surface area contributed by atoms with Gasteiger partial charge in [0.25, 0.3) is 0 Å². The monoisotopic (exact) mass is 505 g/mol. The van der Waals surface area contributed by atoms with Gasteiger partial charge >= 0.3 is 0 Å². The number of nitrogens with zero attached hydrogens (tertiary/aromatic N) is 1. The van der Waals surface area contributed by atoms with Crippen molar-refractivity contribution in [2.45, 2.75) is 45.6 Å². The van der Waals surface area contributed by atoms with Gasteiger partial charge < -0.3 is 19.8 Å². The van der Waals surface area contributed by atoms with Crippen molar-refractivity contribution in [3.63, 3.8) is 0 Å². The van der Waals surface area contributed by atoms with Crippen LogP contribution in [0.3, 0.4) is 0 Å². The molecular weight excluding hydrogens is 473 g/mol. The maximum Gasteiger partial charge on any atom is 0.191 e. The first-order valence-electron chi connectivity index (χ1n) is 9.42. The summed E-state index contributed by atoms with van der Waals surface area (Å²) in [5.41, 5.74) is 0. The summed E-state index contributed by atoms with van der Waals surface area (Å²) in [6, 6.07) is 8.18. The molecule has 2 aromatic heterocycles. The van der Waals surface area contributed by atoms with Gasteiger partial charge in [-0.05, 0) is 56.7 Å². The van der Waals surface area contributed by atoms with Gasteiger partial charge in [-0.25, -0.2) is 0 Å². The van der Waals surface area contributed by atoms with Crippen LogP contribution in [-0.4, -0.2) is 38.3 Å². The number of hydrogen-bond donors (Lipinski definition) is 2. The molecule has 0 radical (unpaired) electrons. The van der Waals surface area contributed by atoms with Gasteiger partial charge in [0.2, 0.25) is 0 Å². The average Bonchev–Trinajstić information content (AvgIpc) is 3.31. The fourth-order valence-electron chi connectivity index (χ4n) is 2.42. The van der Waals surface area contributed by atoms with E-state index in [0.717, 1.165) is 63.6 Å². The molecule has 0 bridgehead atoms. The highest BCUT2D eigenvalue weighted by atomic mass is 127. The Morgan fingerprint density at radius 1 is 1.15 bits per heavy atom. The molecule has 2 N–H and O–H groups in total. The van der Waals surface area contributed by atoms with Gasteiger partial charge in [-0.2, -0.15) is 0 Å². The SMILES string of the molecule is CC(C)OCCCCN=C(NCCc1ccco1)NCCc1cccs1.I. The molecule has 27 heavy (non-hydrogen) atoms. The van der Waals surface area contributed by atoms with Crippen LogP contribution in [0.5, 0.6) is 0 Å². The van der Waals surface area contributed by atoms with Crippen LogP contribution >= 0.6 is 35.3 Å². The summed E-state index contributed by atoms with van der Waals surface area (Å²) in [5.74, 6) is 1.86. The molecule has 0 atom stereocenters. The highest BCUT2D eigenvalue weighted by molar-refractivity contribution is 14.0. The number of thiophene rings is 1. The van der Waals surface area contributed by atoms with Gasteiger partial charge in [0, 0.05) is 37.5 Å². The first kappa shape index (κ1) is 24.0. The molecule has 0 amide bonds. The Bertz CT molecular complexity index is 559. The molecule has 5 nitrogen and oxygen atoms in total. The summed E-state index contributed by atoms with van der Waals surface area (Å²) in [6.07, 6.45) is 5.94. The largest absolute Gasteiger partial charge is 0.469 e. The lowest BCUT2D eigenvalue weighted by Crippen LogP contribution is -2.39. The zero-order valence-electron chi connectivity index (χ0n) is 16.3. The van der Waals surface area contributed by atoms with E-state index in [4.69, 9.17) is 9.15 Å². The third-order valence-corrected chi connectivity index (χ3v) is 4.70. The van der Waals surface area contributed by atoms with Crippen LogP contribution in [0.25, 0.3) is 0 Å². The molecule has 0 aromatic carbocycles. The first-order valence-corrected chi connectivity index (χ1v) is 10.3. The van der Waals surface area contributed by atoms with Crippen LogP contribution in [-0.2, 0) is 17.6 Å². The second-order valence-corrected chi connectivity index (χ2v) is 7.40. The molecule has 0 aliphatic heterocycles. The third kappa shape index (κ3) is 11.4. The van der Waals surface area contributed by atoms with Crippen LogP contribution in [0.15, 0.2) is 45.3 Å². The molecule has 0 aliphatic carbocycles. The lowest BCUT2D eigenvalue weighted by atomic mass is 10.3. The number of unbranched alkanes of at least 4 members (excludes halogenated alkanes) is 1. The van der Waals surface area contributed by atoms with E-state index in [0.29, 0.717) is 6.10 Å². The van der Waals surface area contributed by atoms with Crippen LogP contribution in [0.2, 0.25) is 0 Å². The molecule has 0 unspecified atom stereocenters. The molecule has 0 aliphatic rings. The molecule has 7 heteroatoms. The molecule has 0 fully saturated rings. The zero-order chi connectivity index (χ0) is 18.5. The maximum absolute atomic E-state index is 5.57. The number of furan rings is 1. The fourth-order valence-corrected chi connectivity index (χ4v) is 3.12. The molecular formula is C20H32IN3O2S. The van der Waals surface area contributed by atoms with Crippen molar-refractivity contribution in [2.24, 2.45) is 4.99 Å². The quantitative estimate of drug-likeness (QED) is 0.193. The van der Waals surface area contributed by atoms with Crippen molar-refractivity contribution in [3.8, 4) is 0 Å². The highest BCUT2D eigenvalue weighted by Crippen LogP contribution is 2.08. The number of nitrogens with one attached hydrogen (secondary N) is 2. The Labute approximate surface area is 184 Å². The Morgan fingerprint density at radius 2 is 1.96 bits per heavy atom. The maximum atomic E-state index is 5.57. The Kier molecular flexibility index (Phi) is 13.3. The smallest absolute Gasteiger partial charge is 0.191 e. The summed E-state index contributed by atoms with van der Waals surface area (Å²) < 4.78 is 10.9. The Hall–Kier alpha value is -1.06. The normalized spacial score (nSPS) is 11.4. The van der Waals surface area contributed by atoms with Crippen molar-refractivity contribution in [3.05, 3.63) is 46.5 Å². The minimum atomic E-state index is 0. The third-order valence-electron chi connectivity index (χ3n) is 3.76. The second-order valence-electron chi connectivity index (χ2n) is 6.37. The number of rotatable bonds is 12. The lowest BCUT2D eigenvalue weighted by Gasteiger charge is -2.12. The number of aliphatic imine (C=N–C) groups is 1. The minimum Gasteiger partial charge on any atom is -0.469 e. The summed E-state index contributed by atoms with van der Waals surface area (Å²) >= 11 is 1.79. The Morgan fingerprint density at radius 3 is 2.63 bits per heavy atom. The van der Waals surface area contributed by atoms with Crippen LogP contribution < -0.4 is 10.6 Å². The summed E-state index contributed by atoms with van der Waals surface area (Å²) in [7, 11) is 0. The molecule has 0 saturated carbocycles. The predicted octanol–water partition coefficient (Wildman–Crippen LogP) is 4.48. The summed E-state index contributed by atoms with van der Waals surface area (Å²) in [6.45, 7) is 7.42. The van der Waals surface area contributed by atoms with Gasteiger partial charge in [-0.15, -0.1) is 35.3 Å². The van der Waals surface area contributed by atoms with E-state index in [2.05, 4.69) is 47.0 Å². The molecule has 0 saturated heterocycles. The van der Waals surface area contributed by atoms with Crippen LogP contribution in [0.4, 0.5) is 0 Å². The topological polar surface area (TPSA) is 58.8 Å². The Balaban J connectivity index is 0.00000364. The van der Waals surface area contributed by atoms with Crippen molar-refractivity contribution in [1.82, 2.24) is 10.6 Å². The second kappa shape index (κ2) is 14.9. The van der Waals surface area contributed by atoms with E-state index < -0.39 is 0 Å². The van der Waals surface area contributed by atoms with Crippen molar-refractivity contribution in [1.29, 1.82) is 0 Å². The minimum absolute atomic E-state index is 0. The lowest BCUT2D eigenvalue weighted by molar-refractivity contribution is 0.0763. The van der Waals surface area contributed by atoms with Crippen molar-refractivity contribution in [2.75, 3.05) is 26.2 Å². The zero-order valence-corrected chi connectivity index (χ0v) is 19.4. The first-order chi connectivity index (χ1) is 12.7. The predicted molar refractivity (Wildman–Crippen MR) is 124 cm³/mol. The highest BCUT2D eigenvalue weighted by Gasteiger charge is 2.01.